The van der Waals surface area contributed by atoms with E-state index in [1.807, 2.05) is 13.8 Å². The molecule has 1 aromatic rings. The van der Waals surface area contributed by atoms with Crippen molar-refractivity contribution in [2.75, 3.05) is 6.54 Å². The first-order valence-electron chi connectivity index (χ1n) is 6.53. The number of aromatic nitrogens is 1. The highest BCUT2D eigenvalue weighted by molar-refractivity contribution is 7.89. The lowest BCUT2D eigenvalue weighted by molar-refractivity contribution is 0.0696. The van der Waals surface area contributed by atoms with Gasteiger partial charge in [-0.3, -0.25) is 0 Å². The maximum absolute atomic E-state index is 12.5. The lowest BCUT2D eigenvalue weighted by atomic mass is 10.2. The molecule has 20 heavy (non-hydrogen) atoms. The van der Waals surface area contributed by atoms with Gasteiger partial charge < -0.3 is 5.11 Å². The Morgan fingerprint density at radius 1 is 1.45 bits per heavy atom. The number of hydrogen-bond donors (Lipinski definition) is 1. The SMILES string of the molecule is CC(C)CN(C1CC1)S(=O)(=O)c1ccc(C(=O)O)cn1. The molecule has 0 saturated heterocycles. The average Bonchev–Trinajstić information content (AvgIpc) is 3.20. The molecule has 0 spiro atoms. The first-order chi connectivity index (χ1) is 9.32. The number of carboxylic acids is 1. The van der Waals surface area contributed by atoms with Gasteiger partial charge in [-0.2, -0.15) is 4.31 Å². The lowest BCUT2D eigenvalue weighted by Crippen LogP contribution is -2.36. The molecule has 1 saturated carbocycles. The van der Waals surface area contributed by atoms with Crippen LogP contribution in [-0.4, -0.2) is 41.4 Å². The molecule has 0 amide bonds. The first-order valence-corrected chi connectivity index (χ1v) is 7.97. The summed E-state index contributed by atoms with van der Waals surface area (Å²) >= 11 is 0. The van der Waals surface area contributed by atoms with Crippen molar-refractivity contribution in [3.05, 3.63) is 23.9 Å². The molecule has 1 heterocycles. The fraction of sp³-hybridized carbons (Fsp3) is 0.538. The van der Waals surface area contributed by atoms with E-state index in [0.29, 0.717) is 6.54 Å². The summed E-state index contributed by atoms with van der Waals surface area (Å²) in [4.78, 5) is 14.6. The Morgan fingerprint density at radius 2 is 2.10 bits per heavy atom. The lowest BCUT2D eigenvalue weighted by Gasteiger charge is -2.23. The number of carboxylic acid groups (broad SMARTS) is 1. The standard InChI is InChI=1S/C13H18N2O4S/c1-9(2)8-15(11-4-5-11)20(18,19)12-6-3-10(7-14-12)13(16)17/h3,6-7,9,11H,4-5,8H2,1-2H3,(H,16,17). The van der Waals surface area contributed by atoms with Crippen molar-refractivity contribution >= 4 is 16.0 Å². The van der Waals surface area contributed by atoms with Crippen molar-refractivity contribution in [2.45, 2.75) is 37.8 Å². The second-order valence-electron chi connectivity index (χ2n) is 5.39. The quantitative estimate of drug-likeness (QED) is 0.861. The molecule has 1 aliphatic rings. The van der Waals surface area contributed by atoms with Crippen LogP contribution in [0.3, 0.4) is 0 Å². The molecule has 0 aromatic carbocycles. The van der Waals surface area contributed by atoms with Crippen LogP contribution in [0.15, 0.2) is 23.4 Å². The van der Waals surface area contributed by atoms with E-state index < -0.39 is 16.0 Å². The summed E-state index contributed by atoms with van der Waals surface area (Å²) in [7, 11) is -3.65. The van der Waals surface area contributed by atoms with E-state index in [0.717, 1.165) is 19.0 Å². The normalized spacial score (nSPS) is 15.8. The third-order valence-electron chi connectivity index (χ3n) is 3.06. The number of pyridine rings is 1. The van der Waals surface area contributed by atoms with Gasteiger partial charge in [0.1, 0.15) is 0 Å². The van der Waals surface area contributed by atoms with Crippen molar-refractivity contribution in [3.63, 3.8) is 0 Å². The molecule has 0 bridgehead atoms. The first kappa shape index (κ1) is 14.9. The van der Waals surface area contributed by atoms with Crippen LogP contribution >= 0.6 is 0 Å². The van der Waals surface area contributed by atoms with Crippen molar-refractivity contribution in [3.8, 4) is 0 Å². The summed E-state index contributed by atoms with van der Waals surface area (Å²) in [6.07, 6.45) is 2.83. The summed E-state index contributed by atoms with van der Waals surface area (Å²) in [5, 5.41) is 8.72. The van der Waals surface area contributed by atoms with Gasteiger partial charge in [0, 0.05) is 18.8 Å². The third-order valence-corrected chi connectivity index (χ3v) is 4.89. The highest BCUT2D eigenvalue weighted by atomic mass is 32.2. The maximum Gasteiger partial charge on any atom is 0.337 e. The van der Waals surface area contributed by atoms with Gasteiger partial charge in [0.2, 0.25) is 0 Å². The van der Waals surface area contributed by atoms with Crippen LogP contribution in [0, 0.1) is 5.92 Å². The highest BCUT2D eigenvalue weighted by Crippen LogP contribution is 2.32. The van der Waals surface area contributed by atoms with Crippen molar-refractivity contribution in [2.24, 2.45) is 5.92 Å². The summed E-state index contributed by atoms with van der Waals surface area (Å²) in [5.74, 6) is -0.897. The van der Waals surface area contributed by atoms with E-state index in [1.54, 1.807) is 0 Å². The molecule has 1 aromatic heterocycles. The number of aromatic carboxylic acids is 1. The zero-order valence-corrected chi connectivity index (χ0v) is 12.3. The fourth-order valence-corrected chi connectivity index (χ4v) is 3.71. The van der Waals surface area contributed by atoms with E-state index in [2.05, 4.69) is 4.98 Å². The zero-order chi connectivity index (χ0) is 14.9. The van der Waals surface area contributed by atoms with E-state index in [4.69, 9.17) is 5.11 Å². The minimum absolute atomic E-state index is 0.0224. The summed E-state index contributed by atoms with van der Waals surface area (Å²) < 4.78 is 26.6. The molecule has 0 aliphatic heterocycles. The smallest absolute Gasteiger partial charge is 0.337 e. The van der Waals surface area contributed by atoms with Gasteiger partial charge in [0.25, 0.3) is 10.0 Å². The Kier molecular flexibility index (Phi) is 4.10. The number of nitrogens with zero attached hydrogens (tertiary/aromatic N) is 2. The van der Waals surface area contributed by atoms with Gasteiger partial charge in [-0.15, -0.1) is 0 Å². The molecule has 1 aliphatic carbocycles. The van der Waals surface area contributed by atoms with Crippen molar-refractivity contribution < 1.29 is 18.3 Å². The van der Waals surface area contributed by atoms with Crippen LogP contribution in [-0.2, 0) is 10.0 Å². The molecule has 110 valence electrons. The highest BCUT2D eigenvalue weighted by Gasteiger charge is 2.38. The molecule has 0 atom stereocenters. The largest absolute Gasteiger partial charge is 0.478 e. The van der Waals surface area contributed by atoms with Crippen LogP contribution in [0.1, 0.15) is 37.0 Å². The van der Waals surface area contributed by atoms with Crippen LogP contribution in [0.5, 0.6) is 0 Å². The van der Waals surface area contributed by atoms with Crippen LogP contribution < -0.4 is 0 Å². The van der Waals surface area contributed by atoms with Gasteiger partial charge in [-0.1, -0.05) is 13.8 Å². The minimum Gasteiger partial charge on any atom is -0.478 e. The number of sulfonamides is 1. The molecule has 6 nitrogen and oxygen atoms in total. The van der Waals surface area contributed by atoms with Crippen molar-refractivity contribution in [1.29, 1.82) is 0 Å². The molecule has 1 fully saturated rings. The predicted molar refractivity (Wildman–Crippen MR) is 72.9 cm³/mol. The molecular formula is C13H18N2O4S. The minimum atomic E-state index is -3.65. The van der Waals surface area contributed by atoms with Gasteiger partial charge in [-0.05, 0) is 30.9 Å². The molecule has 2 rings (SSSR count). The van der Waals surface area contributed by atoms with Crippen LogP contribution in [0.2, 0.25) is 0 Å². The fourth-order valence-electron chi connectivity index (χ4n) is 1.95. The van der Waals surface area contributed by atoms with Crippen molar-refractivity contribution in [1.82, 2.24) is 9.29 Å². The van der Waals surface area contributed by atoms with E-state index in [1.165, 1.54) is 16.4 Å². The third kappa shape index (κ3) is 3.16. The Labute approximate surface area is 118 Å². The molecular weight excluding hydrogens is 280 g/mol. The van der Waals surface area contributed by atoms with Gasteiger partial charge >= 0.3 is 5.97 Å². The Hall–Kier alpha value is -1.47. The van der Waals surface area contributed by atoms with Gasteiger partial charge in [-0.25, -0.2) is 18.2 Å². The van der Waals surface area contributed by atoms with Gasteiger partial charge in [0.15, 0.2) is 5.03 Å². The second-order valence-corrected chi connectivity index (χ2v) is 7.23. The second kappa shape index (κ2) is 5.49. The van der Waals surface area contributed by atoms with E-state index >= 15 is 0 Å². The zero-order valence-electron chi connectivity index (χ0n) is 11.5. The Morgan fingerprint density at radius 3 is 2.50 bits per heavy atom. The topological polar surface area (TPSA) is 87.6 Å². The molecule has 1 N–H and O–H groups in total. The van der Waals surface area contributed by atoms with Crippen LogP contribution in [0.4, 0.5) is 0 Å². The predicted octanol–water partition coefficient (Wildman–Crippen LogP) is 1.59. The Bertz CT molecular complexity index is 591. The van der Waals surface area contributed by atoms with Gasteiger partial charge in [0.05, 0.1) is 5.56 Å². The summed E-state index contributed by atoms with van der Waals surface area (Å²) in [6.45, 7) is 4.38. The van der Waals surface area contributed by atoms with E-state index in [9.17, 15) is 13.2 Å². The summed E-state index contributed by atoms with van der Waals surface area (Å²) in [5.41, 5.74) is -0.0224. The number of hydrogen-bond acceptors (Lipinski definition) is 4. The molecule has 7 heteroatoms. The Balaban J connectivity index is 2.29. The van der Waals surface area contributed by atoms with E-state index in [-0.39, 0.29) is 22.5 Å². The number of carbonyl (C=O) groups is 1. The summed E-state index contributed by atoms with van der Waals surface area (Å²) in [6, 6.07) is 2.58. The number of rotatable bonds is 6. The monoisotopic (exact) mass is 298 g/mol. The maximum atomic E-state index is 12.5. The molecule has 0 unspecified atom stereocenters. The molecule has 0 radical (unpaired) electrons. The average molecular weight is 298 g/mol. The van der Waals surface area contributed by atoms with Crippen LogP contribution in [0.25, 0.3) is 0 Å².